The summed E-state index contributed by atoms with van der Waals surface area (Å²) in [6.07, 6.45) is 8.02. The minimum absolute atomic E-state index is 0.0115. The average molecular weight is 1740 g/mol. The summed E-state index contributed by atoms with van der Waals surface area (Å²) in [7, 11) is 0. The molecule has 624 valence electrons. The highest BCUT2D eigenvalue weighted by atomic mass is 32.1. The second kappa shape index (κ2) is 39.1. The van der Waals surface area contributed by atoms with E-state index in [9.17, 15) is 62.3 Å². The fourth-order valence-corrected chi connectivity index (χ4v) is 17.9. The van der Waals surface area contributed by atoms with Crippen molar-refractivity contribution in [1.29, 1.82) is 0 Å². The topological polar surface area (TPSA) is 260 Å². The number of phenols is 4. The number of hydrogen-bond donors (Lipinski definition) is 7. The Bertz CT molecular complexity index is 6540. The summed E-state index contributed by atoms with van der Waals surface area (Å²) in [6, 6.07) is 70.9. The van der Waals surface area contributed by atoms with Crippen molar-refractivity contribution in [2.75, 3.05) is 0 Å². The van der Waals surface area contributed by atoms with Crippen molar-refractivity contribution in [1.82, 2.24) is 4.98 Å². The molecule has 124 heavy (non-hydrogen) atoms. The van der Waals surface area contributed by atoms with Crippen LogP contribution < -0.4 is 18.9 Å². The number of carbonyl (C=O) groups is 4. The molecule has 24 heteroatoms. The van der Waals surface area contributed by atoms with Gasteiger partial charge in [-0.2, -0.15) is 13.2 Å². The summed E-state index contributed by atoms with van der Waals surface area (Å²) in [6.45, 7) is 10.9. The molecule has 0 aliphatic carbocycles. The zero-order chi connectivity index (χ0) is 88.0. The Morgan fingerprint density at radius 3 is 1.15 bits per heavy atom. The van der Waals surface area contributed by atoms with Gasteiger partial charge in [-0.25, -0.2) is 14.0 Å². The molecule has 0 bridgehead atoms. The smallest absolute Gasteiger partial charge is 0.416 e. The number of aromatic hydroxyl groups is 4. The van der Waals surface area contributed by atoms with Crippen LogP contribution in [0.25, 0.3) is 106 Å². The Hall–Kier alpha value is -14.3. The van der Waals surface area contributed by atoms with Gasteiger partial charge in [0.15, 0.2) is 34.6 Å². The van der Waals surface area contributed by atoms with E-state index in [2.05, 4.69) is 31.0 Å². The van der Waals surface area contributed by atoms with E-state index >= 15 is 0 Å². The molecule has 0 saturated carbocycles. The SMILES string of the molecule is CC(=O)/C=C/c1ccc(Oc2c(-c3ccc(C(F)(F)F)cc3)sc3cc(O)ccc23)cc1.CC(=O)/C=C/c1ccc(Oc2c(-c3ccc(F)cc3C)sc3cc(O)ccc23)cc1.CC(C)c1ccccc1-c1sc2cc(O)ccc2c1Oc1ccc(/C=C/C(=O)O)nc1.C[C@@H](O)c1ccccc1-c1sc2cc(O)ccc2c1Oc1ccc(/C=C/C(=O)O)cc1. The number of aliphatic carboxylic acids is 2. The van der Waals surface area contributed by atoms with Crippen molar-refractivity contribution in [2.45, 2.75) is 59.7 Å². The molecular formula is C100H77F4NO15S4. The number of benzene rings is 11. The van der Waals surface area contributed by atoms with Gasteiger partial charge in [-0.1, -0.05) is 129 Å². The summed E-state index contributed by atoms with van der Waals surface area (Å²) in [4.78, 5) is 51.2. The number of carbonyl (C=O) groups excluding carboxylic acids is 2. The van der Waals surface area contributed by atoms with E-state index in [0.29, 0.717) is 68.0 Å². The first-order valence-corrected chi connectivity index (χ1v) is 41.7. The zero-order valence-electron chi connectivity index (χ0n) is 67.0. The number of hydrogen-bond acceptors (Lipinski definition) is 18. The molecule has 16 rings (SSSR count). The number of aliphatic hydroxyl groups is 1. The van der Waals surface area contributed by atoms with Gasteiger partial charge in [0.25, 0.3) is 0 Å². The standard InChI is InChI=1S/C25H17F3O3S.C25H19FO3S.C25H21NO4S.C25H20O5S/c1-15(29)2-3-16-4-11-20(12-5-16)31-23-21-13-10-19(30)14-22(21)32-24(23)17-6-8-18(9-7-17)25(26,27)28;1-15-13-18(26)7-11-21(15)25-24(22-12-8-19(28)14-23(22)30-25)29-20-9-5-17(6-10-20)4-3-16(2)27;1-15(2)19-5-3-4-6-20(19)25-24(21-11-9-17(27)13-22(21)31-25)30-18-10-7-16(26-14-18)8-12-23(28)29;1-15(26)19-4-2-3-5-20(19)25-24(21-12-9-17(27)14-22(21)31-25)30-18-10-6-16(7-11-18)8-13-23(28)29/h2-14,30H,1H3;3-14,28H,1-2H3;3-15,27H,1-2H3,(H,28,29);2-15,26-27H,1H3,(H,28,29)/b3-2+;4-3+;12-8+;13-8+/t;;;15-/m...1/s1. The molecule has 1 atom stereocenters. The van der Waals surface area contributed by atoms with Crippen LogP contribution in [0, 0.1) is 12.7 Å². The maximum atomic E-state index is 13.6. The van der Waals surface area contributed by atoms with Gasteiger partial charge in [0.05, 0.1) is 43.1 Å². The molecule has 7 N–H and O–H groups in total. The third-order valence-electron chi connectivity index (χ3n) is 19.0. The molecule has 0 radical (unpaired) electrons. The predicted molar refractivity (Wildman–Crippen MR) is 487 cm³/mol. The highest BCUT2D eigenvalue weighted by molar-refractivity contribution is 7.24. The van der Waals surface area contributed by atoms with Crippen LogP contribution in [-0.2, 0) is 25.4 Å². The number of alkyl halides is 3. The minimum atomic E-state index is -4.41. The number of rotatable bonds is 22. The van der Waals surface area contributed by atoms with E-state index in [1.54, 1.807) is 152 Å². The highest BCUT2D eigenvalue weighted by Gasteiger charge is 2.31. The number of thiophene rings is 4. The Labute approximate surface area is 725 Å². The summed E-state index contributed by atoms with van der Waals surface area (Å²) in [5.74, 6) is 3.43. The first-order chi connectivity index (χ1) is 59.4. The lowest BCUT2D eigenvalue weighted by Crippen LogP contribution is -2.03. The van der Waals surface area contributed by atoms with Crippen molar-refractivity contribution in [3.63, 3.8) is 0 Å². The molecule has 5 heterocycles. The first kappa shape index (κ1) is 87.5. The normalized spacial score (nSPS) is 11.7. The van der Waals surface area contributed by atoms with E-state index < -0.39 is 29.8 Å². The fourth-order valence-electron chi connectivity index (χ4n) is 13.1. The van der Waals surface area contributed by atoms with Crippen LogP contribution in [0.3, 0.4) is 0 Å². The van der Waals surface area contributed by atoms with Gasteiger partial charge in [0.1, 0.15) is 51.8 Å². The van der Waals surface area contributed by atoms with Crippen molar-refractivity contribution in [2.24, 2.45) is 0 Å². The van der Waals surface area contributed by atoms with Crippen LogP contribution in [0.2, 0.25) is 0 Å². The van der Waals surface area contributed by atoms with Gasteiger partial charge in [0, 0.05) is 58.1 Å². The van der Waals surface area contributed by atoms with Crippen molar-refractivity contribution >= 4 is 134 Å². The number of ether oxygens (including phenoxy) is 4. The number of pyridine rings is 1. The third kappa shape index (κ3) is 21.9. The van der Waals surface area contributed by atoms with Gasteiger partial charge in [-0.15, -0.1) is 45.3 Å². The molecule has 11 aromatic carbocycles. The molecule has 0 aliphatic rings. The van der Waals surface area contributed by atoms with Gasteiger partial charge < -0.3 is 54.7 Å². The number of ketones is 2. The lowest BCUT2D eigenvalue weighted by Gasteiger charge is -2.13. The lowest BCUT2D eigenvalue weighted by atomic mass is 9.96. The van der Waals surface area contributed by atoms with Crippen molar-refractivity contribution in [3.8, 4) is 111 Å². The summed E-state index contributed by atoms with van der Waals surface area (Å²) in [5, 5.41) is 70.8. The number of aromatic nitrogens is 1. The molecule has 0 spiro atoms. The van der Waals surface area contributed by atoms with Crippen LogP contribution >= 0.6 is 45.3 Å². The van der Waals surface area contributed by atoms with Crippen LogP contribution in [0.15, 0.2) is 279 Å². The zero-order valence-corrected chi connectivity index (χ0v) is 70.3. The van der Waals surface area contributed by atoms with E-state index in [1.807, 2.05) is 85.8 Å². The predicted octanol–water partition coefficient (Wildman–Crippen LogP) is 27.7. The Kier molecular flexibility index (Phi) is 27.6. The molecule has 0 unspecified atom stereocenters. The lowest BCUT2D eigenvalue weighted by molar-refractivity contribution is -0.137. The maximum Gasteiger partial charge on any atom is 0.416 e. The molecule has 0 saturated heterocycles. The number of aliphatic hydroxyl groups excluding tert-OH is 1. The number of fused-ring (bicyclic) bond motifs is 4. The number of aryl methyl sites for hydroxylation is 1. The Morgan fingerprint density at radius 1 is 0.403 bits per heavy atom. The molecule has 5 aromatic heterocycles. The highest BCUT2D eigenvalue weighted by Crippen LogP contribution is 2.53. The van der Waals surface area contributed by atoms with Crippen LogP contribution in [0.4, 0.5) is 17.6 Å². The molecule has 16 aromatic rings. The molecular weight excluding hydrogens is 1660 g/mol. The van der Waals surface area contributed by atoms with Crippen LogP contribution in [0.1, 0.15) is 91.3 Å². The number of nitrogens with zero attached hydrogens (tertiary/aromatic N) is 1. The number of carboxylic acids is 2. The van der Waals surface area contributed by atoms with Gasteiger partial charge in [0.2, 0.25) is 0 Å². The molecule has 16 nitrogen and oxygen atoms in total. The van der Waals surface area contributed by atoms with Crippen molar-refractivity contribution < 1.29 is 91.4 Å². The largest absolute Gasteiger partial charge is 0.508 e. The molecule has 0 aliphatic heterocycles. The number of carboxylic acid groups (broad SMARTS) is 2. The number of phenolic OH excluding ortho intramolecular Hbond substituents is 4. The summed E-state index contributed by atoms with van der Waals surface area (Å²) in [5.41, 5.74) is 8.52. The molecule has 0 fully saturated rings. The quantitative estimate of drug-likeness (QED) is 0.0246. The van der Waals surface area contributed by atoms with E-state index in [4.69, 9.17) is 29.2 Å². The monoisotopic (exact) mass is 1740 g/mol. The Balaban J connectivity index is 0.000000142. The average Bonchev–Trinajstić information content (AvgIpc) is 1.61. The van der Waals surface area contributed by atoms with Gasteiger partial charge >= 0.3 is 18.1 Å². The van der Waals surface area contributed by atoms with E-state index in [-0.39, 0.29) is 40.4 Å². The van der Waals surface area contributed by atoms with Gasteiger partial charge in [-0.3, -0.25) is 14.6 Å². The third-order valence-corrected chi connectivity index (χ3v) is 23.7. The van der Waals surface area contributed by atoms with Crippen molar-refractivity contribution in [3.05, 3.63) is 330 Å². The first-order valence-electron chi connectivity index (χ1n) is 38.5. The second-order valence-electron chi connectivity index (χ2n) is 28.6. The number of allylic oxidation sites excluding steroid dienone is 2. The van der Waals surface area contributed by atoms with Crippen LogP contribution in [0.5, 0.6) is 69.0 Å². The molecule has 0 amide bonds. The maximum absolute atomic E-state index is 13.6. The van der Waals surface area contributed by atoms with Crippen LogP contribution in [-0.4, -0.2) is 64.2 Å². The Morgan fingerprint density at radius 2 is 0.766 bits per heavy atom. The minimum Gasteiger partial charge on any atom is -0.508 e. The fraction of sp³-hybridized carbons (Fsp3) is 0.0900. The summed E-state index contributed by atoms with van der Waals surface area (Å²) >= 11 is 5.87. The summed E-state index contributed by atoms with van der Waals surface area (Å²) < 4.78 is 80.9. The van der Waals surface area contributed by atoms with E-state index in [0.717, 1.165) is 124 Å². The van der Waals surface area contributed by atoms with Gasteiger partial charge in [-0.05, 0) is 254 Å². The van der Waals surface area contributed by atoms with E-state index in [1.165, 1.54) is 108 Å². The second-order valence-corrected chi connectivity index (χ2v) is 32.8. The number of halogens is 4.